The molecule has 0 bridgehead atoms. The first-order chi connectivity index (χ1) is 11.5. The molecule has 0 spiro atoms. The fraction of sp³-hybridized carbons (Fsp3) is 0.188. The number of anilines is 1. The second-order valence-electron chi connectivity index (χ2n) is 5.18. The van der Waals surface area contributed by atoms with Crippen LogP contribution in [0.4, 0.5) is 5.69 Å². The smallest absolute Gasteiger partial charge is 0.240 e. The number of carbonyl (C=O) groups excluding carboxylic acids is 1. The Morgan fingerprint density at radius 2 is 1.96 bits per heavy atom. The van der Waals surface area contributed by atoms with E-state index in [0.29, 0.717) is 20.8 Å². The molecule has 0 aliphatic heterocycles. The number of hydrogen-bond donors (Lipinski definition) is 0. The fourth-order valence-corrected chi connectivity index (χ4v) is 3.67. The second-order valence-corrected chi connectivity index (χ2v) is 7.33. The molecule has 124 valence electrons. The molecular formula is C16H14Cl2N4OS. The first-order valence-corrected chi connectivity index (χ1v) is 8.80. The zero-order valence-electron chi connectivity index (χ0n) is 13.0. The van der Waals surface area contributed by atoms with Crippen LogP contribution in [0.3, 0.4) is 0 Å². The van der Waals surface area contributed by atoms with Crippen molar-refractivity contribution in [1.29, 1.82) is 0 Å². The summed E-state index contributed by atoms with van der Waals surface area (Å²) in [5, 5.41) is 9.28. The average Bonchev–Trinajstić information content (AvgIpc) is 2.97. The number of carbonyl (C=O) groups is 1. The van der Waals surface area contributed by atoms with E-state index in [4.69, 9.17) is 23.2 Å². The quantitative estimate of drug-likeness (QED) is 0.637. The average molecular weight is 381 g/mol. The molecule has 0 radical (unpaired) electrons. The number of pyridine rings is 1. The number of amides is 1. The minimum Gasteiger partial charge on any atom is -0.315 e. The van der Waals surface area contributed by atoms with Crippen molar-refractivity contribution in [3.05, 3.63) is 52.6 Å². The van der Waals surface area contributed by atoms with E-state index >= 15 is 0 Å². The highest BCUT2D eigenvalue weighted by Gasteiger charge is 2.22. The fourth-order valence-electron chi connectivity index (χ4n) is 2.24. The maximum absolute atomic E-state index is 12.6. The Morgan fingerprint density at radius 1 is 1.25 bits per heavy atom. The summed E-state index contributed by atoms with van der Waals surface area (Å²) in [5.74, 6) is -0.0314. The van der Waals surface area contributed by atoms with Crippen molar-refractivity contribution >= 4 is 52.2 Å². The van der Waals surface area contributed by atoms with Crippen molar-refractivity contribution in [2.75, 3.05) is 11.9 Å². The molecule has 1 aromatic carbocycles. The maximum Gasteiger partial charge on any atom is 0.240 e. The van der Waals surface area contributed by atoms with Crippen LogP contribution in [0.5, 0.6) is 0 Å². The van der Waals surface area contributed by atoms with Crippen molar-refractivity contribution in [2.45, 2.75) is 17.3 Å². The molecular weight excluding hydrogens is 367 g/mol. The van der Waals surface area contributed by atoms with Crippen LogP contribution in [0, 0.1) is 0 Å². The van der Waals surface area contributed by atoms with Gasteiger partial charge in [-0.05, 0) is 25.1 Å². The van der Waals surface area contributed by atoms with Crippen LogP contribution in [-0.2, 0) is 4.79 Å². The van der Waals surface area contributed by atoms with Gasteiger partial charge in [0.05, 0.1) is 15.3 Å². The number of nitrogens with zero attached hydrogens (tertiary/aromatic N) is 4. The molecule has 0 N–H and O–H groups in total. The Labute approximate surface area is 153 Å². The molecule has 0 unspecified atom stereocenters. The van der Waals surface area contributed by atoms with E-state index in [2.05, 4.69) is 10.2 Å². The molecule has 0 saturated carbocycles. The lowest BCUT2D eigenvalue weighted by Crippen LogP contribution is -2.33. The summed E-state index contributed by atoms with van der Waals surface area (Å²) >= 11 is 13.5. The van der Waals surface area contributed by atoms with Gasteiger partial charge in [0, 0.05) is 18.9 Å². The molecule has 24 heavy (non-hydrogen) atoms. The third-order valence-electron chi connectivity index (χ3n) is 3.50. The third-order valence-corrected chi connectivity index (χ3v) is 5.03. The standard InChI is InChI=1S/C16H14Cl2N4OS/c1-10(15(23)21(2)12-6-4-3-5-7-12)24-16-20-19-14-13(18)8-11(17)9-22(14)16/h3-10H,1-2H3/t10-/m1/s1. The van der Waals surface area contributed by atoms with Crippen LogP contribution in [0.15, 0.2) is 47.8 Å². The van der Waals surface area contributed by atoms with Gasteiger partial charge < -0.3 is 4.90 Å². The molecule has 2 aromatic heterocycles. The molecule has 0 fully saturated rings. The molecule has 0 saturated heterocycles. The van der Waals surface area contributed by atoms with Crippen LogP contribution >= 0.6 is 35.0 Å². The summed E-state index contributed by atoms with van der Waals surface area (Å²) in [6.45, 7) is 1.83. The van der Waals surface area contributed by atoms with Gasteiger partial charge in [-0.1, -0.05) is 53.2 Å². The normalized spacial score (nSPS) is 12.3. The number of benzene rings is 1. The van der Waals surface area contributed by atoms with Gasteiger partial charge in [0.25, 0.3) is 0 Å². The Bertz CT molecular complexity index is 884. The van der Waals surface area contributed by atoms with Gasteiger partial charge in [0.2, 0.25) is 5.91 Å². The van der Waals surface area contributed by atoms with E-state index < -0.39 is 0 Å². The van der Waals surface area contributed by atoms with Gasteiger partial charge in [-0.3, -0.25) is 9.20 Å². The zero-order chi connectivity index (χ0) is 17.3. The Kier molecular flexibility index (Phi) is 4.99. The van der Waals surface area contributed by atoms with Crippen molar-refractivity contribution in [2.24, 2.45) is 0 Å². The highest BCUT2D eigenvalue weighted by molar-refractivity contribution is 8.00. The van der Waals surface area contributed by atoms with Crippen molar-refractivity contribution in [3.8, 4) is 0 Å². The number of thioether (sulfide) groups is 1. The van der Waals surface area contributed by atoms with Gasteiger partial charge in [-0.2, -0.15) is 0 Å². The van der Waals surface area contributed by atoms with Gasteiger partial charge in [0.1, 0.15) is 0 Å². The largest absolute Gasteiger partial charge is 0.315 e. The van der Waals surface area contributed by atoms with Crippen molar-refractivity contribution in [1.82, 2.24) is 14.6 Å². The minimum atomic E-state index is -0.347. The predicted molar refractivity (Wildman–Crippen MR) is 98.2 cm³/mol. The third kappa shape index (κ3) is 3.36. The molecule has 2 heterocycles. The molecule has 0 aliphatic carbocycles. The Hall–Kier alpha value is -1.76. The van der Waals surface area contributed by atoms with E-state index in [9.17, 15) is 4.79 Å². The van der Waals surface area contributed by atoms with E-state index in [1.165, 1.54) is 11.8 Å². The van der Waals surface area contributed by atoms with E-state index in [1.54, 1.807) is 28.6 Å². The van der Waals surface area contributed by atoms with E-state index in [1.807, 2.05) is 37.3 Å². The minimum absolute atomic E-state index is 0.0314. The zero-order valence-corrected chi connectivity index (χ0v) is 15.3. The SMILES string of the molecule is C[C@@H](Sc1nnc2c(Cl)cc(Cl)cn12)C(=O)N(C)c1ccccc1. The Balaban J connectivity index is 1.82. The van der Waals surface area contributed by atoms with Gasteiger partial charge >= 0.3 is 0 Å². The number of para-hydroxylation sites is 1. The van der Waals surface area contributed by atoms with Crippen LogP contribution in [0.1, 0.15) is 6.92 Å². The van der Waals surface area contributed by atoms with E-state index in [0.717, 1.165) is 5.69 Å². The molecule has 5 nitrogen and oxygen atoms in total. The lowest BCUT2D eigenvalue weighted by molar-refractivity contribution is -0.117. The summed E-state index contributed by atoms with van der Waals surface area (Å²) in [4.78, 5) is 14.3. The number of halogens is 2. The van der Waals surface area contributed by atoms with Crippen molar-refractivity contribution < 1.29 is 4.79 Å². The van der Waals surface area contributed by atoms with Crippen LogP contribution in [-0.4, -0.2) is 32.8 Å². The summed E-state index contributed by atoms with van der Waals surface area (Å²) in [5.41, 5.74) is 1.35. The topological polar surface area (TPSA) is 50.5 Å². The molecule has 0 aliphatic rings. The van der Waals surface area contributed by atoms with Gasteiger partial charge in [-0.15, -0.1) is 10.2 Å². The van der Waals surface area contributed by atoms with Gasteiger partial charge in [-0.25, -0.2) is 0 Å². The number of aromatic nitrogens is 3. The first kappa shape index (κ1) is 17.1. The molecule has 1 atom stereocenters. The van der Waals surface area contributed by atoms with Crippen molar-refractivity contribution in [3.63, 3.8) is 0 Å². The number of rotatable bonds is 4. The van der Waals surface area contributed by atoms with Crippen LogP contribution < -0.4 is 4.90 Å². The number of hydrogen-bond acceptors (Lipinski definition) is 4. The summed E-state index contributed by atoms with van der Waals surface area (Å²) in [6.07, 6.45) is 1.68. The highest BCUT2D eigenvalue weighted by atomic mass is 35.5. The molecule has 3 aromatic rings. The number of fused-ring (bicyclic) bond motifs is 1. The summed E-state index contributed by atoms with van der Waals surface area (Å²) in [6, 6.07) is 11.1. The first-order valence-electron chi connectivity index (χ1n) is 7.16. The monoisotopic (exact) mass is 380 g/mol. The summed E-state index contributed by atoms with van der Waals surface area (Å²) in [7, 11) is 1.75. The Morgan fingerprint density at radius 3 is 2.67 bits per heavy atom. The van der Waals surface area contributed by atoms with E-state index in [-0.39, 0.29) is 11.2 Å². The maximum atomic E-state index is 12.6. The lowest BCUT2D eigenvalue weighted by atomic mass is 10.3. The van der Waals surface area contributed by atoms with Crippen LogP contribution in [0.25, 0.3) is 5.65 Å². The molecule has 8 heteroatoms. The highest BCUT2D eigenvalue weighted by Crippen LogP contribution is 2.28. The van der Waals surface area contributed by atoms with Crippen LogP contribution in [0.2, 0.25) is 10.0 Å². The summed E-state index contributed by atoms with van der Waals surface area (Å²) < 4.78 is 1.70. The lowest BCUT2D eigenvalue weighted by Gasteiger charge is -2.20. The molecule has 1 amide bonds. The molecule has 3 rings (SSSR count). The predicted octanol–water partition coefficient (Wildman–Crippen LogP) is 4.18. The van der Waals surface area contributed by atoms with Gasteiger partial charge in [0.15, 0.2) is 10.8 Å². The second kappa shape index (κ2) is 7.01.